The van der Waals surface area contributed by atoms with E-state index >= 15 is 0 Å². The van der Waals surface area contributed by atoms with Crippen molar-refractivity contribution in [3.05, 3.63) is 292 Å². The number of hydrogen-bond acceptors (Lipinski definition) is 3. The summed E-state index contributed by atoms with van der Waals surface area (Å²) in [4.78, 5) is 7.61. The third kappa shape index (κ3) is 7.55. The monoisotopic (exact) mass is 1180 g/mol. The van der Waals surface area contributed by atoms with Gasteiger partial charge >= 0.3 is 306 Å². The zero-order valence-electron chi connectivity index (χ0n) is 43.6. The van der Waals surface area contributed by atoms with E-state index in [1.165, 1.54) is 33.4 Å². The fourth-order valence-corrected chi connectivity index (χ4v) is 13.3. The van der Waals surface area contributed by atoms with Gasteiger partial charge in [0.25, 0.3) is 0 Å². The van der Waals surface area contributed by atoms with Gasteiger partial charge in [-0.15, -0.1) is 0 Å². The molecule has 14 rings (SSSR count). The number of para-hydroxylation sites is 4. The van der Waals surface area contributed by atoms with Gasteiger partial charge in [0.05, 0.1) is 0 Å². The topological polar surface area (TPSA) is 35.2 Å². The number of imidazole rings is 1. The third-order valence-electron chi connectivity index (χ3n) is 15.8. The van der Waals surface area contributed by atoms with E-state index in [1.54, 1.807) is 0 Å². The predicted octanol–water partition coefficient (Wildman–Crippen LogP) is 18.0. The second kappa shape index (κ2) is 18.7. The van der Waals surface area contributed by atoms with Crippen LogP contribution in [-0.4, -0.2) is 14.1 Å². The molecule has 2 aromatic heterocycles. The summed E-state index contributed by atoms with van der Waals surface area (Å²) in [5.41, 5.74) is 21.9. The summed E-state index contributed by atoms with van der Waals surface area (Å²) in [6.07, 6.45) is 2.03. The van der Waals surface area contributed by atoms with Gasteiger partial charge in [-0.25, -0.2) is 0 Å². The molecule has 1 spiro atoms. The van der Waals surface area contributed by atoms with Crippen molar-refractivity contribution in [1.82, 2.24) is 14.1 Å². The van der Waals surface area contributed by atoms with Crippen LogP contribution in [0.15, 0.2) is 243 Å². The van der Waals surface area contributed by atoms with Crippen molar-refractivity contribution in [3.8, 4) is 67.4 Å². The summed E-state index contributed by atoms with van der Waals surface area (Å²) in [5.74, 6) is 1.95. The van der Waals surface area contributed by atoms with Gasteiger partial charge in [0.2, 0.25) is 0 Å². The molecule has 0 amide bonds. The molecule has 0 atom stereocenters. The minimum Gasteiger partial charge on any atom is -0.0579 e. The van der Waals surface area contributed by atoms with Crippen LogP contribution in [0.2, 0.25) is 0 Å². The molecule has 0 N–H and O–H groups in total. The van der Waals surface area contributed by atoms with Crippen molar-refractivity contribution >= 4 is 28.2 Å². The van der Waals surface area contributed by atoms with Crippen LogP contribution in [0, 0.1) is 22.9 Å². The number of anilines is 3. The number of pyridine rings is 1. The molecule has 0 fully saturated rings. The van der Waals surface area contributed by atoms with Gasteiger partial charge in [0.15, 0.2) is 0 Å². The molecular formula is C72H52N4OPt-2. The molecule has 1 aliphatic heterocycles. The van der Waals surface area contributed by atoms with Crippen LogP contribution in [-0.2, 0) is 30.2 Å². The zero-order chi connectivity index (χ0) is 52.7. The first-order valence-corrected chi connectivity index (χ1v) is 27.7. The Kier molecular flexibility index (Phi) is 11.4. The van der Waals surface area contributed by atoms with Gasteiger partial charge in [-0.1, -0.05) is 112 Å². The van der Waals surface area contributed by atoms with E-state index in [0.29, 0.717) is 11.5 Å². The molecule has 78 heavy (non-hydrogen) atoms. The molecule has 1 aliphatic carbocycles. The van der Waals surface area contributed by atoms with Crippen LogP contribution in [0.3, 0.4) is 0 Å². The van der Waals surface area contributed by atoms with Crippen molar-refractivity contribution in [2.45, 2.75) is 38.5 Å². The Balaban J connectivity index is 0.919. The van der Waals surface area contributed by atoms with E-state index in [9.17, 15) is 0 Å². The molecule has 10 aromatic carbocycles. The fraction of sp³-hybridized carbons (Fsp3) is 0.0833. The summed E-state index contributed by atoms with van der Waals surface area (Å²) >= 11 is 2.49. The number of aromatic nitrogens is 3. The zero-order valence-corrected chi connectivity index (χ0v) is 45.9. The molecule has 0 bridgehead atoms. The van der Waals surface area contributed by atoms with Crippen molar-refractivity contribution in [3.63, 3.8) is 0 Å². The number of benzene rings is 10. The predicted molar refractivity (Wildman–Crippen MR) is 313 cm³/mol. The molecule has 0 unspecified atom stereocenters. The standard InChI is InChI=1S/C72H52N4O.Pt/c1-48-43-69(73-46-60(48)51-37-39-52(40-38-51)71(2,3)4)76-65-34-16-15-33-63(65)72(61-31-13-11-27-58(61)59-28-12-14-32-62(59)72)64-42-41-55(45-68(64)76)77-54-26-19-25-53(44-54)74-47-75(67-36-18-17-35-66(67)74)70-56(49-21-7-5-8-22-49)29-20-30-57(70)50-23-9-6-10-24-50;/h5-43,46H,1-4H3;/q-2;. The Hall–Kier alpha value is -8.89. The van der Waals surface area contributed by atoms with Crippen LogP contribution < -0.4 is 9.64 Å². The number of fused-ring (bicyclic) bond motifs is 10. The molecule has 378 valence electrons. The van der Waals surface area contributed by atoms with Crippen molar-refractivity contribution in [2.24, 2.45) is 0 Å². The van der Waals surface area contributed by atoms with Gasteiger partial charge in [-0.05, 0) is 40.2 Å². The molecule has 0 saturated heterocycles. The first kappa shape index (κ1) is 47.6. The molecule has 5 nitrogen and oxygen atoms in total. The number of nitrogens with zero attached hydrogens (tertiary/aromatic N) is 4. The van der Waals surface area contributed by atoms with Gasteiger partial charge in [-0.3, -0.25) is 0 Å². The number of aryl methyl sites for hydroxylation is 1. The molecule has 0 saturated carbocycles. The smallest absolute Gasteiger partial charge is 0.0579 e. The van der Waals surface area contributed by atoms with Crippen molar-refractivity contribution < 1.29 is 24.1 Å². The van der Waals surface area contributed by atoms with E-state index < -0.39 is 5.41 Å². The van der Waals surface area contributed by atoms with Gasteiger partial charge in [-0.2, -0.15) is 0 Å². The van der Waals surface area contributed by atoms with E-state index in [2.05, 4.69) is 304 Å². The van der Waals surface area contributed by atoms with Gasteiger partial charge in [0.1, 0.15) is 0 Å². The minimum atomic E-state index is -0.637. The van der Waals surface area contributed by atoms with Crippen molar-refractivity contribution in [1.29, 1.82) is 0 Å². The van der Waals surface area contributed by atoms with E-state index in [0.717, 1.165) is 87.9 Å². The summed E-state index contributed by atoms with van der Waals surface area (Å²) < 4.78 is 12.7. The normalized spacial score (nSPS) is 13.0. The summed E-state index contributed by atoms with van der Waals surface area (Å²) in [6, 6.07) is 92.5. The van der Waals surface area contributed by atoms with E-state index in [1.807, 2.05) is 12.3 Å². The summed E-state index contributed by atoms with van der Waals surface area (Å²) in [7, 11) is 0. The first-order valence-electron chi connectivity index (χ1n) is 26.5. The number of rotatable bonds is 8. The van der Waals surface area contributed by atoms with Crippen LogP contribution in [0.25, 0.3) is 66.9 Å². The molecular weight excluding hydrogens is 1130 g/mol. The summed E-state index contributed by atoms with van der Waals surface area (Å²) in [5, 5.41) is 0. The maximum absolute atomic E-state index is 7.02. The Morgan fingerprint density at radius 1 is 0.474 bits per heavy atom. The second-order valence-electron chi connectivity index (χ2n) is 21.3. The Morgan fingerprint density at radius 3 is 1.65 bits per heavy atom. The molecule has 0 radical (unpaired) electrons. The first-order chi connectivity index (χ1) is 38.2. The van der Waals surface area contributed by atoms with E-state index in [-0.39, 0.29) is 5.41 Å². The van der Waals surface area contributed by atoms with Gasteiger partial charge in [0, 0.05) is 11.8 Å². The average molecular weight is 1180 g/mol. The Labute approximate surface area is 466 Å². The van der Waals surface area contributed by atoms with Crippen LogP contribution in [0.5, 0.6) is 11.5 Å². The van der Waals surface area contributed by atoms with Crippen LogP contribution in [0.4, 0.5) is 17.2 Å². The molecule has 3 heterocycles. The number of ether oxygens (including phenoxy) is 1. The minimum absolute atomic E-state index is 0.0613. The summed E-state index contributed by atoms with van der Waals surface area (Å²) in [6.45, 7) is 8.95. The Bertz CT molecular complexity index is 4270. The second-order valence-corrected chi connectivity index (χ2v) is 22.3. The van der Waals surface area contributed by atoms with Crippen LogP contribution >= 0.6 is 0 Å². The molecule has 12 aromatic rings. The number of hydrogen-bond donors (Lipinski definition) is 0. The molecule has 2 aliphatic rings. The van der Waals surface area contributed by atoms with Crippen molar-refractivity contribution in [2.75, 3.05) is 4.90 Å². The van der Waals surface area contributed by atoms with Crippen LogP contribution in [0.1, 0.15) is 54.2 Å². The Morgan fingerprint density at radius 2 is 1.01 bits per heavy atom. The maximum atomic E-state index is 7.02. The third-order valence-corrected chi connectivity index (χ3v) is 16.8. The average Bonchev–Trinajstić information content (AvgIpc) is 3.38. The SMILES string of the molecule is Cc1cc(N2c3[c-]c(Oc4[c-]c(-n5[c](=[Pt])n(-c6c(-c7ccccc7)cccc6-c6ccccc6)c6ccccc65)ccc4)ccc3C3(c4ccccc4-c4ccccc43)c3ccccc32)ncc1-c1ccc(C(C)(C)C)cc1. The quantitative estimate of drug-likeness (QED) is 0.142. The van der Waals surface area contributed by atoms with E-state index in [4.69, 9.17) is 9.72 Å². The fourth-order valence-electron chi connectivity index (χ4n) is 12.2. The van der Waals surface area contributed by atoms with Gasteiger partial charge < -0.3 is 0 Å². The molecule has 6 heteroatoms.